The minimum Gasteiger partial charge on any atom is -0.456 e. The van der Waals surface area contributed by atoms with Crippen LogP contribution in [0.1, 0.15) is 17.8 Å². The highest BCUT2D eigenvalue weighted by atomic mass is 16.5. The molecule has 7 aromatic rings. The molecule has 0 aliphatic carbocycles. The molecule has 1 aliphatic heterocycles. The molecule has 0 atom stereocenters. The summed E-state index contributed by atoms with van der Waals surface area (Å²) in [5.74, 6) is -0.767. The summed E-state index contributed by atoms with van der Waals surface area (Å²) < 4.78 is 122. The number of fused-ring (bicyclic) bond motifs is 5. The Morgan fingerprint density at radius 1 is 0.583 bits per heavy atom. The van der Waals surface area contributed by atoms with Crippen LogP contribution in [0.2, 0.25) is 0 Å². The van der Waals surface area contributed by atoms with E-state index in [2.05, 4.69) is 0 Å². The van der Waals surface area contributed by atoms with Gasteiger partial charge >= 0.3 is 0 Å². The molecule has 2 heteroatoms. The number of benzene rings is 6. The zero-order valence-corrected chi connectivity index (χ0v) is 18.5. The van der Waals surface area contributed by atoms with Gasteiger partial charge in [0.15, 0.2) is 0 Å². The number of rotatable bonds is 2. The van der Waals surface area contributed by atoms with E-state index in [4.69, 9.17) is 19.8 Å². The molecular weight excluding hydrogens is 438 g/mol. The Labute approximate surface area is 226 Å². The average Bonchev–Trinajstić information content (AvgIpc) is 3.42. The number of nitrogens with zero attached hydrogens (tertiary/aromatic N) is 1. The van der Waals surface area contributed by atoms with Crippen LogP contribution in [0.5, 0.6) is 11.5 Å². The maximum absolute atomic E-state index is 9.44. The highest BCUT2D eigenvalue weighted by Gasteiger charge is 2.20. The molecule has 0 fully saturated rings. The second-order valence-corrected chi connectivity index (χ2v) is 8.35. The largest absolute Gasteiger partial charge is 0.456 e. The van der Waals surface area contributed by atoms with Gasteiger partial charge < -0.3 is 9.30 Å². The molecule has 36 heavy (non-hydrogen) atoms. The van der Waals surface area contributed by atoms with Crippen molar-refractivity contribution in [1.82, 2.24) is 4.57 Å². The molecular formula is C34H21NO. The van der Waals surface area contributed by atoms with Crippen molar-refractivity contribution in [3.63, 3.8) is 0 Å². The second-order valence-electron chi connectivity index (χ2n) is 8.35. The van der Waals surface area contributed by atoms with Crippen molar-refractivity contribution in [1.29, 1.82) is 0 Å². The van der Waals surface area contributed by atoms with Crippen LogP contribution in [0.4, 0.5) is 0 Å². The zero-order valence-electron chi connectivity index (χ0n) is 31.5. The Kier molecular flexibility index (Phi) is 2.21. The molecule has 1 aromatic heterocycles. The lowest BCUT2D eigenvalue weighted by atomic mass is 9.92. The Hall–Kier alpha value is -4.82. The van der Waals surface area contributed by atoms with Gasteiger partial charge in [-0.15, -0.1) is 0 Å². The number of hydrogen-bond donors (Lipinski definition) is 0. The predicted octanol–water partition coefficient (Wildman–Crippen LogP) is 9.38. The molecule has 0 amide bonds. The second kappa shape index (κ2) is 7.34. The smallest absolute Gasteiger partial charge is 0.135 e. The highest BCUT2D eigenvalue weighted by molar-refractivity contribution is 6.09. The SMILES string of the molecule is [2H]c1c([2H])c(-c2c([2H])c([2H])c3c(c2[2H])-c2c([2H])c([2H])c([2H])c4c([2H])c([2H])c([2H])c(c24)O3)c([2H])c(-n2c3ccccc3c3ccccc32)c1[2H]. The molecule has 2 nitrogen and oxygen atoms in total. The number of hydrogen-bond acceptors (Lipinski definition) is 1. The Bertz CT molecular complexity index is 2620. The highest BCUT2D eigenvalue weighted by Crippen LogP contribution is 2.47. The molecule has 1 aliphatic rings. The molecule has 168 valence electrons. The molecule has 0 unspecified atom stereocenters. The van der Waals surface area contributed by atoms with Gasteiger partial charge in [0.1, 0.15) is 11.5 Å². The maximum Gasteiger partial charge on any atom is 0.135 e. The third-order valence-corrected chi connectivity index (χ3v) is 6.36. The van der Waals surface area contributed by atoms with Crippen LogP contribution in [-0.2, 0) is 0 Å². The van der Waals surface area contributed by atoms with E-state index in [1.54, 1.807) is 28.8 Å². The lowest BCUT2D eigenvalue weighted by Crippen LogP contribution is -1.97. The lowest BCUT2D eigenvalue weighted by molar-refractivity contribution is 0.487. The summed E-state index contributed by atoms with van der Waals surface area (Å²) in [6.07, 6.45) is 0. The quantitative estimate of drug-likeness (QED) is 0.244. The van der Waals surface area contributed by atoms with E-state index in [1.807, 2.05) is 24.3 Å². The van der Waals surface area contributed by atoms with Gasteiger partial charge in [0, 0.05) is 27.4 Å². The maximum atomic E-state index is 9.44. The summed E-state index contributed by atoms with van der Waals surface area (Å²) in [5.41, 5.74) is -0.106. The van der Waals surface area contributed by atoms with Crippen molar-refractivity contribution in [3.8, 4) is 39.4 Å². The van der Waals surface area contributed by atoms with Crippen LogP contribution in [0.3, 0.4) is 0 Å². The van der Waals surface area contributed by atoms with Crippen molar-refractivity contribution in [2.75, 3.05) is 0 Å². The van der Waals surface area contributed by atoms with E-state index < -0.39 is 89.9 Å². The van der Waals surface area contributed by atoms with Crippen molar-refractivity contribution in [2.24, 2.45) is 0 Å². The topological polar surface area (TPSA) is 14.2 Å². The molecule has 0 radical (unpaired) electrons. The third kappa shape index (κ3) is 2.73. The van der Waals surface area contributed by atoms with E-state index >= 15 is 0 Å². The summed E-state index contributed by atoms with van der Waals surface area (Å²) in [6.45, 7) is 0. The van der Waals surface area contributed by atoms with E-state index in [9.17, 15) is 2.74 Å². The Morgan fingerprint density at radius 3 is 2.08 bits per heavy atom. The van der Waals surface area contributed by atoms with Crippen LogP contribution in [0.15, 0.2) is 127 Å². The predicted molar refractivity (Wildman–Crippen MR) is 149 cm³/mol. The summed E-state index contributed by atoms with van der Waals surface area (Å²) in [6, 6.07) is 7.24. The van der Waals surface area contributed by atoms with Gasteiger partial charge in [-0.3, -0.25) is 0 Å². The van der Waals surface area contributed by atoms with Crippen LogP contribution in [0, 0.1) is 0 Å². The number of ether oxygens (including phenoxy) is 1. The van der Waals surface area contributed by atoms with E-state index in [0.29, 0.717) is 11.0 Å². The van der Waals surface area contributed by atoms with Crippen molar-refractivity contribution < 1.29 is 22.6 Å². The van der Waals surface area contributed by atoms with Gasteiger partial charge in [-0.2, -0.15) is 0 Å². The summed E-state index contributed by atoms with van der Waals surface area (Å²) >= 11 is 0. The molecule has 0 spiro atoms. The minimum atomic E-state index is -0.653. The van der Waals surface area contributed by atoms with Crippen LogP contribution < -0.4 is 4.74 Å². The van der Waals surface area contributed by atoms with Gasteiger partial charge in [-0.05, 0) is 64.4 Å². The molecule has 0 N–H and O–H groups in total. The van der Waals surface area contributed by atoms with E-state index in [0.717, 1.165) is 10.8 Å². The van der Waals surface area contributed by atoms with Gasteiger partial charge in [0.25, 0.3) is 0 Å². The Balaban J connectivity index is 1.53. The van der Waals surface area contributed by atoms with Gasteiger partial charge in [-0.1, -0.05) is 84.7 Å². The molecule has 2 heterocycles. The molecule has 0 bridgehead atoms. The van der Waals surface area contributed by atoms with Crippen molar-refractivity contribution in [3.05, 3.63) is 127 Å². The van der Waals surface area contributed by atoms with Crippen molar-refractivity contribution in [2.45, 2.75) is 0 Å². The van der Waals surface area contributed by atoms with Crippen LogP contribution in [-0.4, -0.2) is 4.57 Å². The van der Waals surface area contributed by atoms with Crippen molar-refractivity contribution >= 4 is 32.6 Å². The fourth-order valence-electron chi connectivity index (χ4n) is 4.81. The Morgan fingerprint density at radius 2 is 1.28 bits per heavy atom. The first-order valence-electron chi connectivity index (χ1n) is 17.7. The third-order valence-electron chi connectivity index (χ3n) is 6.36. The first kappa shape index (κ1) is 10.8. The summed E-state index contributed by atoms with van der Waals surface area (Å²) in [4.78, 5) is 0. The first-order valence-corrected chi connectivity index (χ1v) is 11.2. The monoisotopic (exact) mass is 472 g/mol. The molecule has 6 aromatic carbocycles. The summed E-state index contributed by atoms with van der Waals surface area (Å²) in [7, 11) is 0. The van der Waals surface area contributed by atoms with E-state index in [1.165, 1.54) is 0 Å². The van der Waals surface area contributed by atoms with Gasteiger partial charge in [0.05, 0.1) is 28.9 Å². The molecule has 8 rings (SSSR count). The minimum absolute atomic E-state index is 0.0747. The molecule has 0 saturated carbocycles. The van der Waals surface area contributed by atoms with Crippen LogP contribution >= 0.6 is 0 Å². The van der Waals surface area contributed by atoms with E-state index in [-0.39, 0.29) is 38.9 Å². The normalized spacial score (nSPS) is 17.2. The fraction of sp³-hybridized carbons (Fsp3) is 0. The van der Waals surface area contributed by atoms with Crippen LogP contribution in [0.25, 0.3) is 60.5 Å². The summed E-state index contributed by atoms with van der Waals surface area (Å²) in [5, 5.41) is 1.25. The fourth-order valence-corrected chi connectivity index (χ4v) is 4.81. The number of para-hydroxylation sites is 2. The standard InChI is InChI=1S/C34H21NO/c1-3-15-30-26(12-1)27-13-2-4-16-31(27)35(30)25-11-5-10-23(20-25)24-18-19-32-29(21-24)28-14-6-8-22-9-7-17-33(36-32)34(22)28/h1-21H/i5D,6D,7D,8D,9D,10D,11D,14D,17D,18D,19D,20D,21D. The lowest BCUT2D eigenvalue weighted by Gasteiger charge is -2.22. The molecule has 0 saturated heterocycles. The van der Waals surface area contributed by atoms with Gasteiger partial charge in [0.2, 0.25) is 0 Å². The van der Waals surface area contributed by atoms with Gasteiger partial charge in [-0.25, -0.2) is 0 Å². The average molecular weight is 473 g/mol. The zero-order chi connectivity index (χ0) is 35.0. The number of aromatic nitrogens is 1. The first-order chi connectivity index (χ1) is 23.3.